The molecule has 2 aromatic rings. The highest BCUT2D eigenvalue weighted by molar-refractivity contribution is 6.33. The molecule has 27 heavy (non-hydrogen) atoms. The Morgan fingerprint density at radius 3 is 2.56 bits per heavy atom. The SMILES string of the molecule is Cc1nn(-c2ccc(F)cc2)c(Cl)c1C(=O)NCCCN1CCN(C)CC1. The number of hydrogen-bond donors (Lipinski definition) is 1. The Kier molecular flexibility index (Phi) is 6.46. The molecule has 1 aliphatic heterocycles. The van der Waals surface area contributed by atoms with Gasteiger partial charge in [-0.2, -0.15) is 5.10 Å². The Balaban J connectivity index is 1.56. The summed E-state index contributed by atoms with van der Waals surface area (Å²) in [5.74, 6) is -0.568. The number of benzene rings is 1. The van der Waals surface area contributed by atoms with Crippen molar-refractivity contribution in [1.29, 1.82) is 0 Å². The van der Waals surface area contributed by atoms with Crippen LogP contribution in [0.1, 0.15) is 22.5 Å². The highest BCUT2D eigenvalue weighted by Gasteiger charge is 2.21. The number of nitrogens with zero attached hydrogens (tertiary/aromatic N) is 4. The Hall–Kier alpha value is -1.96. The number of carbonyl (C=O) groups is 1. The van der Waals surface area contributed by atoms with E-state index in [9.17, 15) is 9.18 Å². The lowest BCUT2D eigenvalue weighted by Gasteiger charge is -2.32. The minimum Gasteiger partial charge on any atom is -0.352 e. The van der Waals surface area contributed by atoms with Crippen molar-refractivity contribution in [2.45, 2.75) is 13.3 Å². The fourth-order valence-corrected chi connectivity index (χ4v) is 3.53. The van der Waals surface area contributed by atoms with Crippen molar-refractivity contribution in [2.24, 2.45) is 0 Å². The van der Waals surface area contributed by atoms with Crippen LogP contribution in [-0.2, 0) is 0 Å². The Morgan fingerprint density at radius 1 is 1.22 bits per heavy atom. The molecule has 6 nitrogen and oxygen atoms in total. The molecule has 0 saturated carbocycles. The molecule has 1 amide bonds. The molecule has 1 N–H and O–H groups in total. The molecule has 0 radical (unpaired) electrons. The van der Waals surface area contributed by atoms with Crippen LogP contribution in [0.15, 0.2) is 24.3 Å². The van der Waals surface area contributed by atoms with E-state index in [-0.39, 0.29) is 16.9 Å². The number of likely N-dealkylation sites (N-methyl/N-ethyl adjacent to an activating group) is 1. The summed E-state index contributed by atoms with van der Waals surface area (Å²) in [6, 6.07) is 5.82. The second-order valence-electron chi connectivity index (χ2n) is 6.89. The molecule has 0 bridgehead atoms. The number of nitrogens with one attached hydrogen (secondary N) is 1. The smallest absolute Gasteiger partial charge is 0.256 e. The predicted molar refractivity (Wildman–Crippen MR) is 104 cm³/mol. The van der Waals surface area contributed by atoms with Crippen LogP contribution in [-0.4, -0.2) is 71.8 Å². The van der Waals surface area contributed by atoms with Crippen LogP contribution in [0.3, 0.4) is 0 Å². The van der Waals surface area contributed by atoms with E-state index < -0.39 is 0 Å². The van der Waals surface area contributed by atoms with E-state index in [4.69, 9.17) is 11.6 Å². The molecule has 0 spiro atoms. The number of aromatic nitrogens is 2. The maximum absolute atomic E-state index is 13.1. The fourth-order valence-electron chi connectivity index (χ4n) is 3.17. The van der Waals surface area contributed by atoms with Gasteiger partial charge in [0.2, 0.25) is 0 Å². The van der Waals surface area contributed by atoms with Gasteiger partial charge >= 0.3 is 0 Å². The maximum Gasteiger partial charge on any atom is 0.256 e. The van der Waals surface area contributed by atoms with Crippen molar-refractivity contribution in [1.82, 2.24) is 24.9 Å². The Morgan fingerprint density at radius 2 is 1.89 bits per heavy atom. The number of aryl methyl sites for hydroxylation is 1. The highest BCUT2D eigenvalue weighted by atomic mass is 35.5. The summed E-state index contributed by atoms with van der Waals surface area (Å²) in [5, 5.41) is 7.49. The zero-order valence-electron chi connectivity index (χ0n) is 15.7. The van der Waals surface area contributed by atoms with Crippen LogP contribution in [0, 0.1) is 12.7 Å². The summed E-state index contributed by atoms with van der Waals surface area (Å²) in [5.41, 5.74) is 1.51. The summed E-state index contributed by atoms with van der Waals surface area (Å²) in [6.45, 7) is 7.61. The molecule has 0 unspecified atom stereocenters. The first-order valence-electron chi connectivity index (χ1n) is 9.16. The summed E-state index contributed by atoms with van der Waals surface area (Å²) >= 11 is 6.38. The van der Waals surface area contributed by atoms with Gasteiger partial charge in [0, 0.05) is 32.7 Å². The largest absolute Gasteiger partial charge is 0.352 e. The monoisotopic (exact) mass is 393 g/mol. The first kappa shape index (κ1) is 19.8. The van der Waals surface area contributed by atoms with Crippen LogP contribution in [0.4, 0.5) is 4.39 Å². The molecule has 2 heterocycles. The lowest BCUT2D eigenvalue weighted by Crippen LogP contribution is -2.45. The number of halogens is 2. The van der Waals surface area contributed by atoms with Crippen LogP contribution < -0.4 is 5.32 Å². The second kappa shape index (κ2) is 8.82. The topological polar surface area (TPSA) is 53.4 Å². The second-order valence-corrected chi connectivity index (χ2v) is 7.25. The number of carbonyl (C=O) groups excluding carboxylic acids is 1. The molecule has 146 valence electrons. The van der Waals surface area contributed by atoms with Crippen molar-refractivity contribution in [2.75, 3.05) is 46.3 Å². The molecule has 1 fully saturated rings. The van der Waals surface area contributed by atoms with Gasteiger partial charge in [-0.3, -0.25) is 4.79 Å². The van der Waals surface area contributed by atoms with E-state index in [1.807, 2.05) is 0 Å². The Labute approximate surface area is 163 Å². The maximum atomic E-state index is 13.1. The molecule has 8 heteroatoms. The first-order chi connectivity index (χ1) is 13.0. The van der Waals surface area contributed by atoms with E-state index >= 15 is 0 Å². The van der Waals surface area contributed by atoms with Gasteiger partial charge in [-0.15, -0.1) is 0 Å². The standard InChI is InChI=1S/C19H25ClFN5O/c1-14-17(18(20)26(23-14)16-6-4-15(21)5-7-16)19(27)22-8-3-9-25-12-10-24(2)11-13-25/h4-7H,3,8-13H2,1-2H3,(H,22,27). The van der Waals surface area contributed by atoms with E-state index in [0.717, 1.165) is 39.1 Å². The van der Waals surface area contributed by atoms with Crippen LogP contribution in [0.5, 0.6) is 0 Å². The molecule has 0 atom stereocenters. The molecule has 1 saturated heterocycles. The fraction of sp³-hybridized carbons (Fsp3) is 0.474. The summed E-state index contributed by atoms with van der Waals surface area (Å²) in [6.07, 6.45) is 0.887. The van der Waals surface area contributed by atoms with Gasteiger partial charge in [-0.25, -0.2) is 9.07 Å². The van der Waals surface area contributed by atoms with E-state index in [2.05, 4.69) is 27.3 Å². The summed E-state index contributed by atoms with van der Waals surface area (Å²) < 4.78 is 14.6. The number of rotatable bonds is 6. The molecular formula is C19H25ClFN5O. The number of amides is 1. The molecule has 1 aromatic heterocycles. The zero-order chi connectivity index (χ0) is 19.4. The van der Waals surface area contributed by atoms with Crippen LogP contribution in [0.2, 0.25) is 5.15 Å². The van der Waals surface area contributed by atoms with Crippen molar-refractivity contribution in [3.05, 3.63) is 46.5 Å². The van der Waals surface area contributed by atoms with Crippen molar-refractivity contribution < 1.29 is 9.18 Å². The first-order valence-corrected chi connectivity index (χ1v) is 9.53. The van der Waals surface area contributed by atoms with Gasteiger partial charge < -0.3 is 15.1 Å². The zero-order valence-corrected chi connectivity index (χ0v) is 16.5. The average molecular weight is 394 g/mol. The van der Waals surface area contributed by atoms with Gasteiger partial charge in [0.1, 0.15) is 11.0 Å². The van der Waals surface area contributed by atoms with Crippen molar-refractivity contribution >= 4 is 17.5 Å². The van der Waals surface area contributed by atoms with Gasteiger partial charge in [0.15, 0.2) is 0 Å². The molecule has 1 aromatic carbocycles. The minimum absolute atomic E-state index is 0.232. The Bertz CT molecular complexity index is 784. The molecular weight excluding hydrogens is 369 g/mol. The van der Waals surface area contributed by atoms with Gasteiger partial charge in [0.05, 0.1) is 16.9 Å². The lowest BCUT2D eigenvalue weighted by molar-refractivity contribution is 0.0949. The summed E-state index contributed by atoms with van der Waals surface area (Å²) in [4.78, 5) is 17.3. The van der Waals surface area contributed by atoms with Crippen molar-refractivity contribution in [3.8, 4) is 5.69 Å². The molecule has 0 aliphatic carbocycles. The van der Waals surface area contributed by atoms with Crippen molar-refractivity contribution in [3.63, 3.8) is 0 Å². The molecule has 3 rings (SSSR count). The summed E-state index contributed by atoms with van der Waals surface area (Å²) in [7, 11) is 2.13. The number of piperazine rings is 1. The average Bonchev–Trinajstić information content (AvgIpc) is 2.95. The minimum atomic E-state index is -0.336. The van der Waals surface area contributed by atoms with Crippen LogP contribution in [0.25, 0.3) is 5.69 Å². The lowest BCUT2D eigenvalue weighted by atomic mass is 10.2. The number of hydrogen-bond acceptors (Lipinski definition) is 4. The van der Waals surface area contributed by atoms with Gasteiger partial charge in [-0.05, 0) is 51.2 Å². The van der Waals surface area contributed by atoms with E-state index in [0.29, 0.717) is 23.5 Å². The third-order valence-corrected chi connectivity index (χ3v) is 5.18. The highest BCUT2D eigenvalue weighted by Crippen LogP contribution is 2.23. The normalized spacial score (nSPS) is 15.9. The van der Waals surface area contributed by atoms with Gasteiger partial charge in [0.25, 0.3) is 5.91 Å². The molecule has 1 aliphatic rings. The van der Waals surface area contributed by atoms with Crippen LogP contribution >= 0.6 is 11.6 Å². The third kappa shape index (κ3) is 4.86. The third-order valence-electron chi connectivity index (χ3n) is 4.83. The van der Waals surface area contributed by atoms with E-state index in [1.165, 1.54) is 16.8 Å². The quantitative estimate of drug-likeness (QED) is 0.765. The van der Waals surface area contributed by atoms with Gasteiger partial charge in [-0.1, -0.05) is 11.6 Å². The van der Waals surface area contributed by atoms with E-state index in [1.54, 1.807) is 19.1 Å². The predicted octanol–water partition coefficient (Wildman–Crippen LogP) is 2.34.